The molecule has 0 saturated carbocycles. The van der Waals surface area contributed by atoms with Gasteiger partial charge in [-0.1, -0.05) is 13.8 Å². The Balaban J connectivity index is 5.14. The Morgan fingerprint density at radius 3 is 1.64 bits per heavy atom. The Morgan fingerprint density at radius 2 is 1.43 bits per heavy atom. The molecule has 0 radical (unpaired) electrons. The highest BCUT2D eigenvalue weighted by atomic mass is 19.3. The van der Waals surface area contributed by atoms with Crippen molar-refractivity contribution in [2.24, 2.45) is 5.41 Å². The van der Waals surface area contributed by atoms with E-state index in [-0.39, 0.29) is 0 Å². The van der Waals surface area contributed by atoms with Gasteiger partial charge in [0.2, 0.25) is 0 Å². The van der Waals surface area contributed by atoms with Crippen LogP contribution >= 0.6 is 0 Å². The highest BCUT2D eigenvalue weighted by molar-refractivity contribution is 5.00. The van der Waals surface area contributed by atoms with Crippen LogP contribution in [0.5, 0.6) is 0 Å². The third kappa shape index (κ3) is 1.85. The van der Waals surface area contributed by atoms with E-state index in [0.29, 0.717) is 20.8 Å². The van der Waals surface area contributed by atoms with Crippen LogP contribution in [-0.2, 0) is 0 Å². The molecule has 1 unspecified atom stereocenters. The van der Waals surface area contributed by atoms with Gasteiger partial charge in [-0.2, -0.15) is 8.78 Å². The molecule has 6 heteroatoms. The first-order chi connectivity index (χ1) is 6.00. The molecule has 1 atom stereocenters. The molecule has 86 valence electrons. The van der Waals surface area contributed by atoms with Crippen molar-refractivity contribution in [2.75, 3.05) is 6.61 Å². The maximum absolute atomic E-state index is 13.4. The zero-order valence-electron chi connectivity index (χ0n) is 8.12. The van der Waals surface area contributed by atoms with Crippen molar-refractivity contribution >= 4 is 0 Å². The number of aliphatic hydroxyl groups excluding tert-OH is 1. The summed E-state index contributed by atoms with van der Waals surface area (Å²) in [5.41, 5.74) is -5.41. The van der Waals surface area contributed by atoms with Crippen LogP contribution < -0.4 is 0 Å². The Hall–Kier alpha value is -0.390. The van der Waals surface area contributed by atoms with Crippen LogP contribution in [0.1, 0.15) is 20.8 Å². The van der Waals surface area contributed by atoms with Crippen molar-refractivity contribution in [3.05, 3.63) is 0 Å². The molecule has 0 aliphatic carbocycles. The van der Waals surface area contributed by atoms with E-state index in [1.165, 1.54) is 0 Å². The number of rotatable bonds is 4. The molecule has 0 saturated heterocycles. The second kappa shape index (κ2) is 3.64. The summed E-state index contributed by atoms with van der Waals surface area (Å²) in [6.07, 6.45) is -3.96. The van der Waals surface area contributed by atoms with Crippen molar-refractivity contribution < 1.29 is 27.1 Å². The summed E-state index contributed by atoms with van der Waals surface area (Å²) in [4.78, 5) is 0. The molecular weight excluding hydrogens is 207 g/mol. The minimum absolute atomic E-state index is 0.662. The lowest BCUT2D eigenvalue weighted by Gasteiger charge is -2.41. The Kier molecular flexibility index (Phi) is 3.54. The second-order valence-corrected chi connectivity index (χ2v) is 3.90. The van der Waals surface area contributed by atoms with Crippen LogP contribution in [0.15, 0.2) is 0 Å². The van der Waals surface area contributed by atoms with Gasteiger partial charge >= 0.3 is 12.3 Å². The molecule has 0 aliphatic rings. The van der Waals surface area contributed by atoms with Crippen LogP contribution in [0.3, 0.4) is 0 Å². The van der Waals surface area contributed by atoms with E-state index >= 15 is 0 Å². The molecule has 0 aromatic heterocycles. The minimum atomic E-state index is -4.49. The standard InChI is InChI=1S/C8H13F5O/c1-6(2,7(3,11)4-14)8(12,13)5(9)10/h5,14H,4H2,1-3H3. The van der Waals surface area contributed by atoms with E-state index in [1.54, 1.807) is 0 Å². The molecule has 1 nitrogen and oxygen atoms in total. The van der Waals surface area contributed by atoms with Gasteiger partial charge in [0.25, 0.3) is 0 Å². The lowest BCUT2D eigenvalue weighted by molar-refractivity contribution is -0.240. The highest BCUT2D eigenvalue weighted by Crippen LogP contribution is 2.49. The summed E-state index contributed by atoms with van der Waals surface area (Å²) in [5.74, 6) is -4.49. The largest absolute Gasteiger partial charge is 0.393 e. The molecule has 1 N–H and O–H groups in total. The second-order valence-electron chi connectivity index (χ2n) is 3.90. The van der Waals surface area contributed by atoms with E-state index < -0.39 is 30.0 Å². The molecule has 14 heavy (non-hydrogen) atoms. The first-order valence-electron chi connectivity index (χ1n) is 3.96. The fraction of sp³-hybridized carbons (Fsp3) is 1.00. The molecule has 0 bridgehead atoms. The molecule has 0 aromatic rings. The van der Waals surface area contributed by atoms with Crippen LogP contribution in [0.25, 0.3) is 0 Å². The fourth-order valence-corrected chi connectivity index (χ4v) is 0.818. The van der Waals surface area contributed by atoms with E-state index in [9.17, 15) is 22.0 Å². The third-order valence-corrected chi connectivity index (χ3v) is 2.71. The molecule has 0 heterocycles. The van der Waals surface area contributed by atoms with Crippen molar-refractivity contribution in [3.8, 4) is 0 Å². The van der Waals surface area contributed by atoms with Gasteiger partial charge in [-0.15, -0.1) is 0 Å². The van der Waals surface area contributed by atoms with Crippen LogP contribution in [0.4, 0.5) is 22.0 Å². The Bertz CT molecular complexity index is 200. The van der Waals surface area contributed by atoms with Crippen LogP contribution in [0, 0.1) is 5.41 Å². The molecular formula is C8H13F5O. The Morgan fingerprint density at radius 1 is 1.07 bits per heavy atom. The van der Waals surface area contributed by atoms with Gasteiger partial charge in [0.05, 0.1) is 12.0 Å². The maximum atomic E-state index is 13.4. The summed E-state index contributed by atoms with van der Waals surface area (Å²) in [7, 11) is 0. The molecule has 0 rings (SSSR count). The summed E-state index contributed by atoms with van der Waals surface area (Å²) in [5, 5.41) is 8.52. The summed E-state index contributed by atoms with van der Waals surface area (Å²) in [6.45, 7) is 0.760. The molecule has 0 spiro atoms. The minimum Gasteiger partial charge on any atom is -0.393 e. The first-order valence-corrected chi connectivity index (χ1v) is 3.96. The SMILES string of the molecule is CC(F)(CO)C(C)(C)C(F)(F)C(F)F. The molecule has 0 amide bonds. The summed E-state index contributed by atoms with van der Waals surface area (Å²) >= 11 is 0. The zero-order chi connectivity index (χ0) is 11.8. The maximum Gasteiger partial charge on any atom is 0.315 e. The molecule has 0 fully saturated rings. The lowest BCUT2D eigenvalue weighted by Crippen LogP contribution is -2.55. The highest BCUT2D eigenvalue weighted by Gasteiger charge is 2.63. The van der Waals surface area contributed by atoms with Gasteiger partial charge in [0.15, 0.2) is 0 Å². The van der Waals surface area contributed by atoms with Crippen molar-refractivity contribution in [1.82, 2.24) is 0 Å². The average molecular weight is 220 g/mol. The number of hydrogen-bond acceptors (Lipinski definition) is 1. The number of alkyl halides is 5. The van der Waals surface area contributed by atoms with E-state index in [0.717, 1.165) is 0 Å². The number of hydrogen-bond donors (Lipinski definition) is 1. The molecule has 0 aromatic carbocycles. The third-order valence-electron chi connectivity index (χ3n) is 2.71. The lowest BCUT2D eigenvalue weighted by atomic mass is 9.72. The van der Waals surface area contributed by atoms with Gasteiger partial charge < -0.3 is 5.11 Å². The van der Waals surface area contributed by atoms with Gasteiger partial charge in [0.1, 0.15) is 5.67 Å². The predicted molar refractivity (Wildman–Crippen MR) is 41.3 cm³/mol. The summed E-state index contributed by atoms with van der Waals surface area (Å²) in [6, 6.07) is 0. The van der Waals surface area contributed by atoms with Gasteiger partial charge in [-0.05, 0) is 6.92 Å². The topological polar surface area (TPSA) is 20.2 Å². The Labute approximate surface area is 78.9 Å². The van der Waals surface area contributed by atoms with E-state index in [4.69, 9.17) is 5.11 Å². The number of aliphatic hydroxyl groups is 1. The molecule has 0 aliphatic heterocycles. The first kappa shape index (κ1) is 13.6. The van der Waals surface area contributed by atoms with Gasteiger partial charge in [-0.3, -0.25) is 0 Å². The van der Waals surface area contributed by atoms with E-state index in [1.807, 2.05) is 0 Å². The van der Waals surface area contributed by atoms with E-state index in [2.05, 4.69) is 0 Å². The zero-order valence-corrected chi connectivity index (χ0v) is 8.12. The van der Waals surface area contributed by atoms with Crippen molar-refractivity contribution in [2.45, 2.75) is 38.8 Å². The predicted octanol–water partition coefficient (Wildman–Crippen LogP) is 2.63. The van der Waals surface area contributed by atoms with Gasteiger partial charge in [-0.25, -0.2) is 13.2 Å². The average Bonchev–Trinajstić information content (AvgIpc) is 2.03. The van der Waals surface area contributed by atoms with Gasteiger partial charge in [0, 0.05) is 0 Å². The number of halogens is 5. The monoisotopic (exact) mass is 220 g/mol. The smallest absolute Gasteiger partial charge is 0.315 e. The van der Waals surface area contributed by atoms with Crippen molar-refractivity contribution in [1.29, 1.82) is 0 Å². The quantitative estimate of drug-likeness (QED) is 0.722. The van der Waals surface area contributed by atoms with Crippen LogP contribution in [0.2, 0.25) is 0 Å². The normalized spacial score (nSPS) is 18.4. The summed E-state index contributed by atoms with van der Waals surface area (Å²) < 4.78 is 63.2. The fourth-order valence-electron chi connectivity index (χ4n) is 0.818. The van der Waals surface area contributed by atoms with Crippen molar-refractivity contribution in [3.63, 3.8) is 0 Å². The van der Waals surface area contributed by atoms with Crippen LogP contribution in [-0.4, -0.2) is 29.7 Å².